The fourth-order valence-corrected chi connectivity index (χ4v) is 2.27. The summed E-state index contributed by atoms with van der Waals surface area (Å²) in [6.07, 6.45) is 1.19. The molecule has 1 aromatic rings. The molecule has 1 fully saturated rings. The second kappa shape index (κ2) is 4.55. The number of nitrogens with zero attached hydrogens (tertiary/aromatic N) is 2. The maximum absolute atomic E-state index is 5.26. The third kappa shape index (κ3) is 3.06. The summed E-state index contributed by atoms with van der Waals surface area (Å²) in [7, 11) is 0. The van der Waals surface area contributed by atoms with Crippen molar-refractivity contribution in [2.75, 3.05) is 19.6 Å². The molecule has 0 amide bonds. The molecule has 0 bridgehead atoms. The van der Waals surface area contributed by atoms with Gasteiger partial charge in [-0.1, -0.05) is 5.16 Å². The van der Waals surface area contributed by atoms with Crippen LogP contribution in [0.2, 0.25) is 0 Å². The third-order valence-corrected chi connectivity index (χ3v) is 2.93. The Balaban J connectivity index is 1.98. The number of hydrogen-bond acceptors (Lipinski definition) is 4. The molecular weight excluding hydrogens is 202 g/mol. The lowest BCUT2D eigenvalue weighted by Crippen LogP contribution is -2.46. The SMILES string of the molecule is Cc1cc(CN2CCCNC(C)(C)C2)on1. The van der Waals surface area contributed by atoms with Crippen molar-refractivity contribution in [2.45, 2.75) is 39.3 Å². The van der Waals surface area contributed by atoms with Gasteiger partial charge in [0.2, 0.25) is 0 Å². The van der Waals surface area contributed by atoms with Gasteiger partial charge in [0.25, 0.3) is 0 Å². The Labute approximate surface area is 97.0 Å². The van der Waals surface area contributed by atoms with Crippen molar-refractivity contribution in [1.29, 1.82) is 0 Å². The lowest BCUT2D eigenvalue weighted by molar-refractivity contribution is 0.201. The Kier molecular flexibility index (Phi) is 3.30. The van der Waals surface area contributed by atoms with Crippen molar-refractivity contribution in [3.05, 3.63) is 17.5 Å². The Morgan fingerprint density at radius 1 is 1.56 bits per heavy atom. The zero-order chi connectivity index (χ0) is 11.6. The monoisotopic (exact) mass is 223 g/mol. The van der Waals surface area contributed by atoms with Crippen LogP contribution in [0, 0.1) is 6.92 Å². The summed E-state index contributed by atoms with van der Waals surface area (Å²) >= 11 is 0. The maximum atomic E-state index is 5.26. The quantitative estimate of drug-likeness (QED) is 0.826. The molecule has 0 unspecified atom stereocenters. The highest BCUT2D eigenvalue weighted by atomic mass is 16.5. The van der Waals surface area contributed by atoms with Crippen LogP contribution in [0.5, 0.6) is 0 Å². The summed E-state index contributed by atoms with van der Waals surface area (Å²) in [6, 6.07) is 2.02. The topological polar surface area (TPSA) is 41.3 Å². The van der Waals surface area contributed by atoms with E-state index in [9.17, 15) is 0 Å². The van der Waals surface area contributed by atoms with Crippen molar-refractivity contribution in [3.63, 3.8) is 0 Å². The van der Waals surface area contributed by atoms with E-state index in [1.165, 1.54) is 6.42 Å². The predicted molar refractivity (Wildman–Crippen MR) is 63.2 cm³/mol. The van der Waals surface area contributed by atoms with Crippen molar-refractivity contribution in [1.82, 2.24) is 15.4 Å². The Hall–Kier alpha value is -0.870. The van der Waals surface area contributed by atoms with Gasteiger partial charge in [-0.2, -0.15) is 0 Å². The molecule has 1 aliphatic rings. The van der Waals surface area contributed by atoms with Gasteiger partial charge in [0.1, 0.15) is 0 Å². The molecule has 1 aliphatic heterocycles. The number of aryl methyl sites for hydroxylation is 1. The lowest BCUT2D eigenvalue weighted by atomic mass is 10.1. The Morgan fingerprint density at radius 3 is 3.06 bits per heavy atom. The normalized spacial score (nSPS) is 21.9. The van der Waals surface area contributed by atoms with E-state index in [4.69, 9.17) is 4.52 Å². The van der Waals surface area contributed by atoms with E-state index in [-0.39, 0.29) is 5.54 Å². The van der Waals surface area contributed by atoms with Crippen LogP contribution in [0.15, 0.2) is 10.6 Å². The van der Waals surface area contributed by atoms with Gasteiger partial charge in [-0.3, -0.25) is 4.90 Å². The first-order valence-electron chi connectivity index (χ1n) is 5.95. The van der Waals surface area contributed by atoms with Gasteiger partial charge in [-0.25, -0.2) is 0 Å². The summed E-state index contributed by atoms with van der Waals surface area (Å²) in [5.74, 6) is 0.968. The molecule has 0 atom stereocenters. The molecule has 1 aromatic heterocycles. The minimum atomic E-state index is 0.186. The highest BCUT2D eigenvalue weighted by molar-refractivity contribution is 5.03. The van der Waals surface area contributed by atoms with Gasteiger partial charge in [-0.15, -0.1) is 0 Å². The first-order chi connectivity index (χ1) is 7.55. The molecule has 0 aliphatic carbocycles. The molecule has 0 saturated carbocycles. The molecule has 2 rings (SSSR count). The molecule has 16 heavy (non-hydrogen) atoms. The van der Waals surface area contributed by atoms with E-state index in [1.54, 1.807) is 0 Å². The minimum absolute atomic E-state index is 0.186. The largest absolute Gasteiger partial charge is 0.360 e. The van der Waals surface area contributed by atoms with Crippen LogP contribution in [0.1, 0.15) is 31.7 Å². The van der Waals surface area contributed by atoms with Crippen LogP contribution in [-0.4, -0.2) is 35.2 Å². The third-order valence-electron chi connectivity index (χ3n) is 2.93. The standard InChI is InChI=1S/C12H21N3O/c1-10-7-11(16-14-10)8-15-6-4-5-13-12(2,3)9-15/h7,13H,4-6,8-9H2,1-3H3. The minimum Gasteiger partial charge on any atom is -0.360 e. The fraction of sp³-hybridized carbons (Fsp3) is 0.750. The average molecular weight is 223 g/mol. The van der Waals surface area contributed by atoms with E-state index >= 15 is 0 Å². The molecule has 1 saturated heterocycles. The first kappa shape index (κ1) is 11.6. The van der Waals surface area contributed by atoms with Gasteiger partial charge in [0.05, 0.1) is 12.2 Å². The zero-order valence-corrected chi connectivity index (χ0v) is 10.4. The number of hydrogen-bond donors (Lipinski definition) is 1. The highest BCUT2D eigenvalue weighted by Gasteiger charge is 2.24. The first-order valence-corrected chi connectivity index (χ1v) is 5.95. The average Bonchev–Trinajstić information content (AvgIpc) is 2.49. The van der Waals surface area contributed by atoms with Gasteiger partial charge < -0.3 is 9.84 Å². The number of rotatable bonds is 2. The van der Waals surface area contributed by atoms with E-state index in [1.807, 2.05) is 13.0 Å². The second-order valence-corrected chi connectivity index (χ2v) is 5.31. The summed E-state index contributed by atoms with van der Waals surface area (Å²) in [6.45, 7) is 10.6. The summed E-state index contributed by atoms with van der Waals surface area (Å²) in [5, 5.41) is 7.48. The number of nitrogens with one attached hydrogen (secondary N) is 1. The van der Waals surface area contributed by atoms with Crippen LogP contribution in [-0.2, 0) is 6.54 Å². The van der Waals surface area contributed by atoms with Gasteiger partial charge in [0, 0.05) is 18.2 Å². The van der Waals surface area contributed by atoms with E-state index in [0.717, 1.165) is 37.6 Å². The van der Waals surface area contributed by atoms with Crippen LogP contribution < -0.4 is 5.32 Å². The Morgan fingerprint density at radius 2 is 2.38 bits per heavy atom. The van der Waals surface area contributed by atoms with Crippen LogP contribution >= 0.6 is 0 Å². The van der Waals surface area contributed by atoms with Crippen molar-refractivity contribution in [2.24, 2.45) is 0 Å². The second-order valence-electron chi connectivity index (χ2n) is 5.31. The number of aromatic nitrogens is 1. The van der Waals surface area contributed by atoms with E-state index in [2.05, 4.69) is 29.2 Å². The molecule has 4 heteroatoms. The summed E-state index contributed by atoms with van der Waals surface area (Å²) in [5.41, 5.74) is 1.15. The van der Waals surface area contributed by atoms with Gasteiger partial charge in [-0.05, 0) is 40.3 Å². The highest BCUT2D eigenvalue weighted by Crippen LogP contribution is 2.14. The van der Waals surface area contributed by atoms with E-state index < -0.39 is 0 Å². The molecule has 0 spiro atoms. The van der Waals surface area contributed by atoms with Crippen LogP contribution in [0.25, 0.3) is 0 Å². The van der Waals surface area contributed by atoms with Gasteiger partial charge in [0.15, 0.2) is 5.76 Å². The predicted octanol–water partition coefficient (Wildman–Crippen LogP) is 1.56. The lowest BCUT2D eigenvalue weighted by Gasteiger charge is -2.29. The molecule has 0 radical (unpaired) electrons. The van der Waals surface area contributed by atoms with Crippen LogP contribution in [0.4, 0.5) is 0 Å². The van der Waals surface area contributed by atoms with Crippen LogP contribution in [0.3, 0.4) is 0 Å². The summed E-state index contributed by atoms with van der Waals surface area (Å²) in [4.78, 5) is 2.43. The molecule has 1 N–H and O–H groups in total. The molecule has 4 nitrogen and oxygen atoms in total. The zero-order valence-electron chi connectivity index (χ0n) is 10.4. The molecule has 90 valence electrons. The molecule has 0 aromatic carbocycles. The van der Waals surface area contributed by atoms with E-state index in [0.29, 0.717) is 0 Å². The summed E-state index contributed by atoms with van der Waals surface area (Å²) < 4.78 is 5.26. The maximum Gasteiger partial charge on any atom is 0.150 e. The smallest absolute Gasteiger partial charge is 0.150 e. The fourth-order valence-electron chi connectivity index (χ4n) is 2.27. The molecule has 2 heterocycles. The van der Waals surface area contributed by atoms with Gasteiger partial charge >= 0.3 is 0 Å². The van der Waals surface area contributed by atoms with Crippen molar-refractivity contribution >= 4 is 0 Å². The van der Waals surface area contributed by atoms with Crippen molar-refractivity contribution in [3.8, 4) is 0 Å². The molecular formula is C12H21N3O. The Bertz CT molecular complexity index is 346. The van der Waals surface area contributed by atoms with Crippen molar-refractivity contribution < 1.29 is 4.52 Å².